The number of rotatable bonds is 4. The van der Waals surface area contributed by atoms with Crippen LogP contribution >= 0.6 is 0 Å². The van der Waals surface area contributed by atoms with Gasteiger partial charge in [-0.2, -0.15) is 0 Å². The third kappa shape index (κ3) is 3.57. The highest BCUT2D eigenvalue weighted by Crippen LogP contribution is 2.20. The standard InChI is InChI=1S/C13H18O3/c1-4-13(3,5-2)16-12(14)15-11-9-7-6-8-10-11/h6-10H,4-5H2,1-3H3. The van der Waals surface area contributed by atoms with Gasteiger partial charge in [-0.3, -0.25) is 0 Å². The summed E-state index contributed by atoms with van der Waals surface area (Å²) in [5, 5.41) is 0. The van der Waals surface area contributed by atoms with E-state index in [1.54, 1.807) is 24.3 Å². The van der Waals surface area contributed by atoms with Crippen LogP contribution in [0.1, 0.15) is 33.6 Å². The van der Waals surface area contributed by atoms with Gasteiger partial charge in [0.25, 0.3) is 0 Å². The minimum atomic E-state index is -0.641. The summed E-state index contributed by atoms with van der Waals surface area (Å²) in [6.07, 6.45) is 0.901. The fraction of sp³-hybridized carbons (Fsp3) is 0.462. The van der Waals surface area contributed by atoms with E-state index >= 15 is 0 Å². The van der Waals surface area contributed by atoms with Crippen molar-refractivity contribution in [1.82, 2.24) is 0 Å². The topological polar surface area (TPSA) is 35.5 Å². The van der Waals surface area contributed by atoms with Crippen molar-refractivity contribution in [3.05, 3.63) is 30.3 Å². The molecule has 0 bridgehead atoms. The number of carbonyl (C=O) groups excluding carboxylic acids is 1. The van der Waals surface area contributed by atoms with E-state index in [1.165, 1.54) is 0 Å². The molecule has 0 unspecified atom stereocenters. The Bertz CT molecular complexity index is 328. The highest BCUT2D eigenvalue weighted by atomic mass is 16.7. The molecule has 1 aromatic carbocycles. The van der Waals surface area contributed by atoms with Crippen molar-refractivity contribution < 1.29 is 14.3 Å². The molecule has 0 saturated heterocycles. The molecule has 0 aliphatic carbocycles. The lowest BCUT2D eigenvalue weighted by atomic mass is 10.0. The first-order valence-electron chi connectivity index (χ1n) is 5.55. The third-order valence-electron chi connectivity index (χ3n) is 2.77. The van der Waals surface area contributed by atoms with Crippen LogP contribution in [0.2, 0.25) is 0 Å². The highest BCUT2D eigenvalue weighted by molar-refractivity contribution is 5.64. The Morgan fingerprint density at radius 2 is 1.75 bits per heavy atom. The van der Waals surface area contributed by atoms with Crippen LogP contribution in [-0.4, -0.2) is 11.8 Å². The fourth-order valence-electron chi connectivity index (χ4n) is 1.20. The van der Waals surface area contributed by atoms with Crippen LogP contribution in [0, 0.1) is 0 Å². The Balaban J connectivity index is 2.54. The molecule has 0 saturated carbocycles. The smallest absolute Gasteiger partial charge is 0.428 e. The molecule has 1 aromatic rings. The number of hydrogen-bond donors (Lipinski definition) is 0. The van der Waals surface area contributed by atoms with Crippen LogP contribution in [0.3, 0.4) is 0 Å². The SMILES string of the molecule is CCC(C)(CC)OC(=O)Oc1ccccc1. The second-order valence-electron chi connectivity index (χ2n) is 3.92. The van der Waals surface area contributed by atoms with E-state index in [0.29, 0.717) is 5.75 Å². The maximum atomic E-state index is 11.5. The van der Waals surface area contributed by atoms with Gasteiger partial charge in [0.15, 0.2) is 0 Å². The van der Waals surface area contributed by atoms with Crippen molar-refractivity contribution >= 4 is 6.16 Å². The van der Waals surface area contributed by atoms with Gasteiger partial charge in [0.2, 0.25) is 0 Å². The molecule has 0 aromatic heterocycles. The predicted molar refractivity (Wildman–Crippen MR) is 62.5 cm³/mol. The predicted octanol–water partition coefficient (Wildman–Crippen LogP) is 3.78. The number of para-hydroxylation sites is 1. The lowest BCUT2D eigenvalue weighted by Crippen LogP contribution is -2.31. The van der Waals surface area contributed by atoms with E-state index in [-0.39, 0.29) is 0 Å². The Morgan fingerprint density at radius 1 is 1.19 bits per heavy atom. The van der Waals surface area contributed by atoms with E-state index in [2.05, 4.69) is 0 Å². The zero-order valence-electron chi connectivity index (χ0n) is 10.0. The zero-order chi connectivity index (χ0) is 12.0. The van der Waals surface area contributed by atoms with Crippen molar-refractivity contribution in [2.24, 2.45) is 0 Å². The average Bonchev–Trinajstić information content (AvgIpc) is 2.30. The van der Waals surface area contributed by atoms with E-state index in [4.69, 9.17) is 9.47 Å². The Morgan fingerprint density at radius 3 is 2.25 bits per heavy atom. The minimum Gasteiger partial charge on any atom is -0.428 e. The van der Waals surface area contributed by atoms with E-state index in [0.717, 1.165) is 12.8 Å². The highest BCUT2D eigenvalue weighted by Gasteiger charge is 2.25. The maximum absolute atomic E-state index is 11.5. The molecule has 88 valence electrons. The maximum Gasteiger partial charge on any atom is 0.514 e. The molecule has 0 spiro atoms. The Hall–Kier alpha value is -1.51. The van der Waals surface area contributed by atoms with Crippen LogP contribution in [-0.2, 0) is 4.74 Å². The van der Waals surface area contributed by atoms with Crippen molar-refractivity contribution in [3.63, 3.8) is 0 Å². The van der Waals surface area contributed by atoms with Crippen molar-refractivity contribution in [1.29, 1.82) is 0 Å². The largest absolute Gasteiger partial charge is 0.514 e. The van der Waals surface area contributed by atoms with E-state index in [1.807, 2.05) is 26.8 Å². The molecule has 0 atom stereocenters. The van der Waals surface area contributed by atoms with E-state index in [9.17, 15) is 4.79 Å². The molecular weight excluding hydrogens is 204 g/mol. The van der Waals surface area contributed by atoms with Gasteiger partial charge in [0.1, 0.15) is 11.4 Å². The zero-order valence-corrected chi connectivity index (χ0v) is 10.0. The van der Waals surface area contributed by atoms with Crippen LogP contribution < -0.4 is 4.74 Å². The molecule has 16 heavy (non-hydrogen) atoms. The van der Waals surface area contributed by atoms with Crippen molar-refractivity contribution in [3.8, 4) is 5.75 Å². The summed E-state index contributed by atoms with van der Waals surface area (Å²) < 4.78 is 10.3. The van der Waals surface area contributed by atoms with Gasteiger partial charge in [-0.05, 0) is 31.9 Å². The van der Waals surface area contributed by atoms with Crippen LogP contribution in [0.4, 0.5) is 4.79 Å². The average molecular weight is 222 g/mol. The molecule has 0 heterocycles. The summed E-state index contributed by atoms with van der Waals surface area (Å²) in [5.74, 6) is 0.502. The quantitative estimate of drug-likeness (QED) is 0.574. The van der Waals surface area contributed by atoms with Gasteiger partial charge in [-0.25, -0.2) is 4.79 Å². The number of hydrogen-bond acceptors (Lipinski definition) is 3. The lowest BCUT2D eigenvalue weighted by Gasteiger charge is -2.25. The molecule has 0 aliphatic heterocycles. The fourth-order valence-corrected chi connectivity index (χ4v) is 1.20. The van der Waals surface area contributed by atoms with Crippen molar-refractivity contribution in [2.75, 3.05) is 0 Å². The molecule has 1 rings (SSSR count). The summed E-state index contributed by atoms with van der Waals surface area (Å²) in [5.41, 5.74) is -0.439. The Labute approximate surface area is 96.4 Å². The summed E-state index contributed by atoms with van der Waals surface area (Å²) in [4.78, 5) is 11.5. The number of carbonyl (C=O) groups is 1. The van der Waals surface area contributed by atoms with Gasteiger partial charge in [-0.1, -0.05) is 32.0 Å². The molecule has 3 nitrogen and oxygen atoms in total. The molecule has 0 aliphatic rings. The van der Waals surface area contributed by atoms with Crippen molar-refractivity contribution in [2.45, 2.75) is 39.2 Å². The number of benzene rings is 1. The summed E-state index contributed by atoms with van der Waals surface area (Å²) in [6, 6.07) is 8.91. The molecule has 0 amide bonds. The monoisotopic (exact) mass is 222 g/mol. The van der Waals surface area contributed by atoms with Crippen LogP contribution in [0.25, 0.3) is 0 Å². The summed E-state index contributed by atoms with van der Waals surface area (Å²) in [7, 11) is 0. The summed E-state index contributed by atoms with van der Waals surface area (Å²) in [6.45, 7) is 5.87. The minimum absolute atomic E-state index is 0.439. The first-order chi connectivity index (χ1) is 7.59. The van der Waals surface area contributed by atoms with Crippen LogP contribution in [0.15, 0.2) is 30.3 Å². The first kappa shape index (κ1) is 12.6. The summed E-state index contributed by atoms with van der Waals surface area (Å²) >= 11 is 0. The molecular formula is C13H18O3. The van der Waals surface area contributed by atoms with Gasteiger partial charge >= 0.3 is 6.16 Å². The van der Waals surface area contributed by atoms with Gasteiger partial charge in [0.05, 0.1) is 0 Å². The lowest BCUT2D eigenvalue weighted by molar-refractivity contribution is -0.00724. The normalized spacial score (nSPS) is 10.9. The molecule has 3 heteroatoms. The second-order valence-corrected chi connectivity index (χ2v) is 3.92. The Kier molecular flexibility index (Phi) is 4.35. The molecule has 0 fully saturated rings. The molecule has 0 radical (unpaired) electrons. The van der Waals surface area contributed by atoms with Gasteiger partial charge < -0.3 is 9.47 Å². The van der Waals surface area contributed by atoms with Crippen LogP contribution in [0.5, 0.6) is 5.75 Å². The number of ether oxygens (including phenoxy) is 2. The van der Waals surface area contributed by atoms with E-state index < -0.39 is 11.8 Å². The molecule has 0 N–H and O–H groups in total. The van der Waals surface area contributed by atoms with Gasteiger partial charge in [0, 0.05) is 0 Å². The second kappa shape index (κ2) is 5.54. The third-order valence-corrected chi connectivity index (χ3v) is 2.77. The first-order valence-corrected chi connectivity index (χ1v) is 5.55. The van der Waals surface area contributed by atoms with Gasteiger partial charge in [-0.15, -0.1) is 0 Å².